The van der Waals surface area contributed by atoms with Crippen LogP contribution in [0.3, 0.4) is 0 Å². The fourth-order valence-corrected chi connectivity index (χ4v) is 5.00. The average molecular weight is 443 g/mol. The maximum absolute atomic E-state index is 13.2. The van der Waals surface area contributed by atoms with Gasteiger partial charge in [0.15, 0.2) is 11.6 Å². The van der Waals surface area contributed by atoms with E-state index in [1.807, 2.05) is 48.6 Å². The molecule has 0 atom stereocenters. The first-order chi connectivity index (χ1) is 16.7. The van der Waals surface area contributed by atoms with Crippen molar-refractivity contribution in [1.29, 1.82) is 0 Å². The van der Waals surface area contributed by atoms with E-state index < -0.39 is 0 Å². The van der Waals surface area contributed by atoms with Crippen LogP contribution in [0.2, 0.25) is 0 Å². The smallest absolute Gasteiger partial charge is 0.186 e. The van der Waals surface area contributed by atoms with Gasteiger partial charge in [0.05, 0.1) is 0 Å². The maximum Gasteiger partial charge on any atom is 0.186 e. The zero-order valence-electron chi connectivity index (χ0n) is 19.2. The Morgan fingerprint density at radius 2 is 0.971 bits per heavy atom. The highest BCUT2D eigenvalue weighted by Gasteiger charge is 2.15. The molecule has 0 radical (unpaired) electrons. The van der Waals surface area contributed by atoms with Gasteiger partial charge in [-0.1, -0.05) is 60.4 Å². The highest BCUT2D eigenvalue weighted by molar-refractivity contribution is 6.19. The molecule has 0 spiro atoms. The second kappa shape index (κ2) is 9.94. The maximum atomic E-state index is 13.2. The average Bonchev–Trinajstić information content (AvgIpc) is 2.88. The first-order valence-corrected chi connectivity index (χ1v) is 12.1. The molecule has 0 aromatic heterocycles. The number of allylic oxidation sites excluding steroid dienone is 8. The lowest BCUT2D eigenvalue weighted by Gasteiger charge is -2.14. The number of carbonyl (C=O) groups excluding carboxylic acids is 2. The van der Waals surface area contributed by atoms with Gasteiger partial charge in [0, 0.05) is 22.3 Å². The summed E-state index contributed by atoms with van der Waals surface area (Å²) in [7, 11) is 0. The lowest BCUT2D eigenvalue weighted by atomic mass is 9.90. The molecular weight excluding hydrogens is 416 g/mol. The molecule has 2 nitrogen and oxygen atoms in total. The quantitative estimate of drug-likeness (QED) is 0.409. The Morgan fingerprint density at radius 3 is 1.44 bits per heavy atom. The molecule has 5 rings (SSSR count). The fraction of sp³-hybridized carbons (Fsp3) is 0.250. The van der Waals surface area contributed by atoms with E-state index in [1.165, 1.54) is 0 Å². The molecule has 0 N–H and O–H groups in total. The minimum absolute atomic E-state index is 0.0611. The van der Waals surface area contributed by atoms with E-state index in [-0.39, 0.29) is 11.6 Å². The number of ketones is 2. The lowest BCUT2D eigenvalue weighted by molar-refractivity contribution is 0.103. The van der Waals surface area contributed by atoms with Crippen LogP contribution in [0, 0.1) is 23.7 Å². The summed E-state index contributed by atoms with van der Waals surface area (Å²) < 4.78 is 0. The zero-order valence-corrected chi connectivity index (χ0v) is 19.2. The van der Waals surface area contributed by atoms with Crippen LogP contribution < -0.4 is 0 Å². The van der Waals surface area contributed by atoms with Crippen molar-refractivity contribution in [3.05, 3.63) is 94.1 Å². The summed E-state index contributed by atoms with van der Waals surface area (Å²) in [5, 5.41) is 1.61. The molecular formula is C32H26O2. The molecule has 0 amide bonds. The summed E-state index contributed by atoms with van der Waals surface area (Å²) in [5.41, 5.74) is 5.67. The molecule has 3 aliphatic rings. The van der Waals surface area contributed by atoms with Crippen molar-refractivity contribution >= 4 is 22.3 Å². The lowest BCUT2D eigenvalue weighted by Crippen LogP contribution is -2.02. The standard InChI is InChI=1S/C32H26O2/c33-31-21-19-25-13-5-3-11-23(25)9-1-2-10-24-12-4-6-14-26(24)20-22-32(34)30-18-8-15-27-28(30)16-7-17-29(27)31/h7-8,15-22H,3-6,11-14H2/b21-19-,22-20-. The van der Waals surface area contributed by atoms with E-state index >= 15 is 0 Å². The Bertz CT molecular complexity index is 1320. The molecule has 2 heteroatoms. The highest BCUT2D eigenvalue weighted by atomic mass is 16.1. The van der Waals surface area contributed by atoms with Crippen LogP contribution in [0.25, 0.3) is 10.8 Å². The molecule has 3 aliphatic carbocycles. The molecule has 0 saturated carbocycles. The Balaban J connectivity index is 1.69. The summed E-state index contributed by atoms with van der Waals surface area (Å²) in [6.45, 7) is 0. The second-order valence-electron chi connectivity index (χ2n) is 9.02. The van der Waals surface area contributed by atoms with Crippen LogP contribution in [-0.4, -0.2) is 11.6 Å². The predicted octanol–water partition coefficient (Wildman–Crippen LogP) is 7.08. The first kappa shape index (κ1) is 21.9. The van der Waals surface area contributed by atoms with Crippen molar-refractivity contribution in [3.8, 4) is 23.7 Å². The molecule has 166 valence electrons. The van der Waals surface area contributed by atoms with E-state index in [2.05, 4.69) is 23.7 Å². The van der Waals surface area contributed by atoms with Crippen LogP contribution in [0.5, 0.6) is 0 Å². The van der Waals surface area contributed by atoms with E-state index in [0.717, 1.165) is 84.4 Å². The van der Waals surface area contributed by atoms with Gasteiger partial charge in [-0.2, -0.15) is 0 Å². The number of hydrogen-bond donors (Lipinski definition) is 0. The number of benzene rings is 2. The van der Waals surface area contributed by atoms with Crippen molar-refractivity contribution in [1.82, 2.24) is 0 Å². The minimum Gasteiger partial charge on any atom is -0.289 e. The predicted molar refractivity (Wildman–Crippen MR) is 137 cm³/mol. The van der Waals surface area contributed by atoms with Gasteiger partial charge in [0.2, 0.25) is 0 Å². The molecule has 0 unspecified atom stereocenters. The zero-order chi connectivity index (χ0) is 23.3. The third-order valence-electron chi connectivity index (χ3n) is 6.84. The molecule has 2 aromatic rings. The largest absolute Gasteiger partial charge is 0.289 e. The minimum atomic E-state index is -0.0611. The molecule has 0 saturated heterocycles. The molecule has 0 heterocycles. The summed E-state index contributed by atoms with van der Waals surface area (Å²) in [4.78, 5) is 26.3. The van der Waals surface area contributed by atoms with Gasteiger partial charge in [-0.3, -0.25) is 9.59 Å². The van der Waals surface area contributed by atoms with Crippen molar-refractivity contribution in [2.45, 2.75) is 51.4 Å². The molecule has 34 heavy (non-hydrogen) atoms. The third-order valence-corrected chi connectivity index (χ3v) is 6.84. The van der Waals surface area contributed by atoms with Crippen molar-refractivity contribution in [3.63, 3.8) is 0 Å². The number of rotatable bonds is 0. The van der Waals surface area contributed by atoms with E-state index in [9.17, 15) is 9.59 Å². The van der Waals surface area contributed by atoms with Gasteiger partial charge in [0.25, 0.3) is 0 Å². The van der Waals surface area contributed by atoms with E-state index in [4.69, 9.17) is 0 Å². The Labute approximate surface area is 201 Å². The Hall–Kier alpha value is -3.88. The molecule has 4 bridgehead atoms. The van der Waals surface area contributed by atoms with Gasteiger partial charge in [-0.05, 0) is 97.3 Å². The normalized spacial score (nSPS) is 20.4. The van der Waals surface area contributed by atoms with Gasteiger partial charge >= 0.3 is 0 Å². The van der Waals surface area contributed by atoms with Crippen molar-refractivity contribution < 1.29 is 9.59 Å². The first-order valence-electron chi connectivity index (χ1n) is 12.1. The number of carbonyl (C=O) groups is 2. The van der Waals surface area contributed by atoms with Gasteiger partial charge < -0.3 is 0 Å². The highest BCUT2D eigenvalue weighted by Crippen LogP contribution is 2.28. The van der Waals surface area contributed by atoms with E-state index in [0.29, 0.717) is 11.1 Å². The summed E-state index contributed by atoms with van der Waals surface area (Å²) >= 11 is 0. The summed E-state index contributed by atoms with van der Waals surface area (Å²) in [5.74, 6) is 12.5. The van der Waals surface area contributed by atoms with Gasteiger partial charge in [0.1, 0.15) is 0 Å². The third kappa shape index (κ3) is 4.59. The SMILES string of the molecule is O=C1/C=C\C2=C(C#CC#CC3=C(/C=C\C(=O)c4cccc5c1cccc45)CCCC3)CCCC2. The van der Waals surface area contributed by atoms with E-state index in [1.54, 1.807) is 12.2 Å². The molecule has 0 aliphatic heterocycles. The van der Waals surface area contributed by atoms with Crippen LogP contribution >= 0.6 is 0 Å². The Kier molecular flexibility index (Phi) is 6.42. The van der Waals surface area contributed by atoms with Crippen molar-refractivity contribution in [2.24, 2.45) is 0 Å². The van der Waals surface area contributed by atoms with Gasteiger partial charge in [-0.15, -0.1) is 0 Å². The van der Waals surface area contributed by atoms with Crippen LogP contribution in [0.1, 0.15) is 72.1 Å². The van der Waals surface area contributed by atoms with Crippen molar-refractivity contribution in [2.75, 3.05) is 0 Å². The van der Waals surface area contributed by atoms with Crippen LogP contribution in [0.4, 0.5) is 0 Å². The summed E-state index contributed by atoms with van der Waals surface area (Å²) in [6, 6.07) is 11.2. The summed E-state index contributed by atoms with van der Waals surface area (Å²) in [6.07, 6.45) is 15.3. The van der Waals surface area contributed by atoms with Crippen LogP contribution in [0.15, 0.2) is 83.0 Å². The topological polar surface area (TPSA) is 34.1 Å². The molecule has 2 aromatic carbocycles. The molecule has 0 fully saturated rings. The number of hydrogen-bond acceptors (Lipinski definition) is 2. The monoisotopic (exact) mass is 442 g/mol. The second-order valence-corrected chi connectivity index (χ2v) is 9.02. The van der Waals surface area contributed by atoms with Crippen LogP contribution in [-0.2, 0) is 0 Å². The van der Waals surface area contributed by atoms with Gasteiger partial charge in [-0.25, -0.2) is 0 Å². The fourth-order valence-electron chi connectivity index (χ4n) is 5.00. The Morgan fingerprint density at radius 1 is 0.529 bits per heavy atom.